The minimum absolute atomic E-state index is 0.0273. The van der Waals surface area contributed by atoms with Crippen LogP contribution >= 0.6 is 0 Å². The van der Waals surface area contributed by atoms with E-state index in [-0.39, 0.29) is 6.04 Å². The molecule has 0 heterocycles. The minimum Gasteiger partial charge on any atom is -0.320 e. The van der Waals surface area contributed by atoms with Gasteiger partial charge in [0.05, 0.1) is 6.04 Å². The maximum absolute atomic E-state index is 6.24. The summed E-state index contributed by atoms with van der Waals surface area (Å²) < 4.78 is 0. The summed E-state index contributed by atoms with van der Waals surface area (Å²) in [6.07, 6.45) is 0. The second-order valence-corrected chi connectivity index (χ2v) is 4.23. The highest BCUT2D eigenvalue weighted by atomic mass is 14.6. The molecule has 0 fully saturated rings. The molecule has 2 aromatic carbocycles. The molecule has 2 rings (SSSR count). The molecule has 82 valence electrons. The Kier molecular flexibility index (Phi) is 3.07. The van der Waals surface area contributed by atoms with E-state index in [0.717, 1.165) is 5.56 Å². The van der Waals surface area contributed by atoms with Crippen molar-refractivity contribution in [3.05, 3.63) is 70.8 Å². The lowest BCUT2D eigenvalue weighted by atomic mass is 9.96. The van der Waals surface area contributed by atoms with Crippen molar-refractivity contribution in [3.8, 4) is 0 Å². The van der Waals surface area contributed by atoms with E-state index in [9.17, 15) is 0 Å². The summed E-state index contributed by atoms with van der Waals surface area (Å²) in [5.74, 6) is 0. The van der Waals surface area contributed by atoms with Crippen LogP contribution in [0.4, 0.5) is 0 Å². The zero-order valence-corrected chi connectivity index (χ0v) is 9.77. The fourth-order valence-electron chi connectivity index (χ4n) is 1.81. The van der Waals surface area contributed by atoms with Crippen LogP contribution in [0.1, 0.15) is 28.3 Å². The van der Waals surface area contributed by atoms with E-state index < -0.39 is 0 Å². The molecule has 16 heavy (non-hydrogen) atoms. The predicted octanol–water partition coefficient (Wildman–Crippen LogP) is 3.35. The second kappa shape index (κ2) is 4.50. The van der Waals surface area contributed by atoms with Gasteiger partial charge in [-0.15, -0.1) is 0 Å². The Bertz CT molecular complexity index is 474. The van der Waals surface area contributed by atoms with Gasteiger partial charge in [-0.2, -0.15) is 0 Å². The van der Waals surface area contributed by atoms with Crippen LogP contribution in [0.2, 0.25) is 0 Å². The first-order chi connectivity index (χ1) is 7.68. The first kappa shape index (κ1) is 10.9. The van der Waals surface area contributed by atoms with Crippen LogP contribution in [0, 0.1) is 13.8 Å². The fourth-order valence-corrected chi connectivity index (χ4v) is 1.81. The van der Waals surface area contributed by atoms with Crippen LogP contribution in [-0.4, -0.2) is 0 Å². The van der Waals surface area contributed by atoms with Crippen molar-refractivity contribution in [2.45, 2.75) is 19.9 Å². The summed E-state index contributed by atoms with van der Waals surface area (Å²) in [5.41, 5.74) is 11.2. The number of hydrogen-bond acceptors (Lipinski definition) is 1. The lowest BCUT2D eigenvalue weighted by molar-refractivity contribution is 0.869. The number of benzene rings is 2. The third-order valence-electron chi connectivity index (χ3n) is 3.05. The largest absolute Gasteiger partial charge is 0.320 e. The Morgan fingerprint density at radius 1 is 0.812 bits per heavy atom. The monoisotopic (exact) mass is 211 g/mol. The zero-order valence-electron chi connectivity index (χ0n) is 9.77. The maximum atomic E-state index is 6.24. The summed E-state index contributed by atoms with van der Waals surface area (Å²) >= 11 is 0. The molecule has 1 nitrogen and oxygen atoms in total. The van der Waals surface area contributed by atoms with E-state index in [4.69, 9.17) is 5.73 Å². The van der Waals surface area contributed by atoms with Gasteiger partial charge in [0.1, 0.15) is 0 Å². The van der Waals surface area contributed by atoms with Crippen molar-refractivity contribution in [2.24, 2.45) is 5.73 Å². The van der Waals surface area contributed by atoms with Gasteiger partial charge in [-0.1, -0.05) is 48.5 Å². The highest BCUT2D eigenvalue weighted by Gasteiger charge is 2.08. The van der Waals surface area contributed by atoms with Gasteiger partial charge in [-0.25, -0.2) is 0 Å². The Morgan fingerprint density at radius 2 is 1.50 bits per heavy atom. The second-order valence-electron chi connectivity index (χ2n) is 4.23. The molecule has 2 aromatic rings. The van der Waals surface area contributed by atoms with Gasteiger partial charge in [0.2, 0.25) is 0 Å². The molecule has 0 aliphatic heterocycles. The van der Waals surface area contributed by atoms with Crippen molar-refractivity contribution in [1.29, 1.82) is 0 Å². The van der Waals surface area contributed by atoms with Crippen molar-refractivity contribution in [2.75, 3.05) is 0 Å². The van der Waals surface area contributed by atoms with Gasteiger partial charge in [0, 0.05) is 0 Å². The standard InChI is InChI=1S/C15H17N/c1-11-8-9-14(10-12(11)2)15(16)13-6-4-3-5-7-13/h3-10,15H,16H2,1-2H3/t15-/m1/s1. The van der Waals surface area contributed by atoms with Crippen LogP contribution < -0.4 is 5.73 Å². The van der Waals surface area contributed by atoms with Crippen LogP contribution in [0.15, 0.2) is 48.5 Å². The molecule has 1 atom stereocenters. The first-order valence-corrected chi connectivity index (χ1v) is 5.56. The molecule has 0 amide bonds. The summed E-state index contributed by atoms with van der Waals surface area (Å²) in [4.78, 5) is 0. The summed E-state index contributed by atoms with van der Waals surface area (Å²) in [7, 11) is 0. The van der Waals surface area contributed by atoms with E-state index in [1.165, 1.54) is 16.7 Å². The summed E-state index contributed by atoms with van der Waals surface area (Å²) in [6, 6.07) is 16.6. The number of hydrogen-bond donors (Lipinski definition) is 1. The van der Waals surface area contributed by atoms with Gasteiger partial charge in [-0.3, -0.25) is 0 Å². The van der Waals surface area contributed by atoms with E-state index in [1.54, 1.807) is 0 Å². The Labute approximate surface area is 96.9 Å². The van der Waals surface area contributed by atoms with Crippen LogP contribution in [0.25, 0.3) is 0 Å². The van der Waals surface area contributed by atoms with Gasteiger partial charge in [0.15, 0.2) is 0 Å². The molecular formula is C15H17N. The number of nitrogens with two attached hydrogens (primary N) is 1. The van der Waals surface area contributed by atoms with E-state index in [0.29, 0.717) is 0 Å². The minimum atomic E-state index is -0.0273. The van der Waals surface area contributed by atoms with Crippen molar-refractivity contribution in [3.63, 3.8) is 0 Å². The zero-order chi connectivity index (χ0) is 11.5. The molecule has 0 spiro atoms. The smallest absolute Gasteiger partial charge is 0.0551 e. The highest BCUT2D eigenvalue weighted by molar-refractivity contribution is 5.36. The van der Waals surface area contributed by atoms with Crippen molar-refractivity contribution in [1.82, 2.24) is 0 Å². The molecule has 2 N–H and O–H groups in total. The molecule has 0 aromatic heterocycles. The predicted molar refractivity (Wildman–Crippen MR) is 68.4 cm³/mol. The van der Waals surface area contributed by atoms with E-state index in [2.05, 4.69) is 44.2 Å². The van der Waals surface area contributed by atoms with E-state index >= 15 is 0 Å². The molecule has 1 heteroatoms. The lowest BCUT2D eigenvalue weighted by Gasteiger charge is -2.14. The van der Waals surface area contributed by atoms with Gasteiger partial charge < -0.3 is 5.73 Å². The third kappa shape index (κ3) is 2.15. The third-order valence-corrected chi connectivity index (χ3v) is 3.05. The Hall–Kier alpha value is -1.60. The fraction of sp³-hybridized carbons (Fsp3) is 0.200. The summed E-state index contributed by atoms with van der Waals surface area (Å²) in [6.45, 7) is 4.24. The van der Waals surface area contributed by atoms with E-state index in [1.807, 2.05) is 18.2 Å². The number of rotatable bonds is 2. The molecule has 0 aliphatic carbocycles. The highest BCUT2D eigenvalue weighted by Crippen LogP contribution is 2.21. The van der Waals surface area contributed by atoms with Gasteiger partial charge in [-0.05, 0) is 36.1 Å². The Balaban J connectivity index is 2.34. The average molecular weight is 211 g/mol. The first-order valence-electron chi connectivity index (χ1n) is 5.56. The average Bonchev–Trinajstić information content (AvgIpc) is 2.33. The summed E-state index contributed by atoms with van der Waals surface area (Å²) in [5, 5.41) is 0. The van der Waals surface area contributed by atoms with Crippen molar-refractivity contribution >= 4 is 0 Å². The molecule has 0 saturated carbocycles. The Morgan fingerprint density at radius 3 is 2.12 bits per heavy atom. The SMILES string of the molecule is Cc1ccc([C@H](N)c2ccccc2)cc1C. The van der Waals surface area contributed by atoms with Crippen LogP contribution in [0.3, 0.4) is 0 Å². The topological polar surface area (TPSA) is 26.0 Å². The molecule has 0 aliphatic rings. The lowest BCUT2D eigenvalue weighted by Crippen LogP contribution is -2.11. The molecule has 0 radical (unpaired) electrons. The number of aryl methyl sites for hydroxylation is 2. The molecular weight excluding hydrogens is 194 g/mol. The van der Waals surface area contributed by atoms with Gasteiger partial charge in [0.25, 0.3) is 0 Å². The maximum Gasteiger partial charge on any atom is 0.0551 e. The molecule has 0 unspecified atom stereocenters. The van der Waals surface area contributed by atoms with Gasteiger partial charge >= 0.3 is 0 Å². The normalized spacial score (nSPS) is 12.4. The quantitative estimate of drug-likeness (QED) is 0.810. The van der Waals surface area contributed by atoms with Crippen molar-refractivity contribution < 1.29 is 0 Å². The molecule has 0 bridgehead atoms. The van der Waals surface area contributed by atoms with Crippen LogP contribution in [0.5, 0.6) is 0 Å². The van der Waals surface area contributed by atoms with Crippen LogP contribution in [-0.2, 0) is 0 Å². The molecule has 0 saturated heterocycles.